The molecule has 0 radical (unpaired) electrons. The van der Waals surface area contributed by atoms with Crippen molar-refractivity contribution in [2.45, 2.75) is 13.0 Å². The molecule has 0 spiro atoms. The first-order valence-corrected chi connectivity index (χ1v) is 6.24. The van der Waals surface area contributed by atoms with Crippen LogP contribution in [0.15, 0.2) is 42.5 Å². The highest BCUT2D eigenvalue weighted by Crippen LogP contribution is 2.18. The normalized spacial score (nSPS) is 12.8. The van der Waals surface area contributed by atoms with Crippen molar-refractivity contribution in [2.75, 3.05) is 21.1 Å². The second-order valence-corrected chi connectivity index (χ2v) is 5.72. The summed E-state index contributed by atoms with van der Waals surface area (Å²) in [4.78, 5) is 12.4. The Morgan fingerprint density at radius 2 is 1.58 bits per heavy atom. The quantitative estimate of drug-likeness (QED) is 0.575. The number of carbonyl (C=O) groups is 1. The number of fused-ring (bicyclic) bond motifs is 1. The van der Waals surface area contributed by atoms with Crippen molar-refractivity contribution in [2.24, 2.45) is 0 Å². The van der Waals surface area contributed by atoms with Crippen LogP contribution in [0.4, 0.5) is 0 Å². The van der Waals surface area contributed by atoms with Crippen LogP contribution in [0.1, 0.15) is 17.3 Å². The highest BCUT2D eigenvalue weighted by molar-refractivity contribution is 6.02. The zero-order valence-corrected chi connectivity index (χ0v) is 12.6. The molecule has 19 heavy (non-hydrogen) atoms. The summed E-state index contributed by atoms with van der Waals surface area (Å²) in [5, 5.41) is 2.30. The molecule has 0 saturated heterocycles. The second kappa shape index (κ2) is 5.72. The second-order valence-electron chi connectivity index (χ2n) is 5.72. The van der Waals surface area contributed by atoms with Crippen molar-refractivity contribution < 1.29 is 21.7 Å². The largest absolute Gasteiger partial charge is 1.00 e. The SMILES string of the molecule is CC(C(=O)c1ccc2ccccc2c1)[N+](C)(C)C.[Cl-]. The predicted molar refractivity (Wildman–Crippen MR) is 75.8 cm³/mol. The first-order valence-electron chi connectivity index (χ1n) is 6.24. The maximum absolute atomic E-state index is 12.4. The van der Waals surface area contributed by atoms with Crippen LogP contribution in [0.5, 0.6) is 0 Å². The Kier molecular flexibility index (Phi) is 4.72. The molecule has 0 heterocycles. The third kappa shape index (κ3) is 3.34. The molecule has 0 aliphatic rings. The predicted octanol–water partition coefficient (Wildman–Crippen LogP) is 0.121. The Morgan fingerprint density at radius 3 is 2.16 bits per heavy atom. The topological polar surface area (TPSA) is 17.1 Å². The Balaban J connectivity index is 0.00000180. The van der Waals surface area contributed by atoms with Crippen molar-refractivity contribution in [3.63, 3.8) is 0 Å². The maximum atomic E-state index is 12.4. The Bertz CT molecular complexity index is 587. The molecule has 0 bridgehead atoms. The minimum absolute atomic E-state index is 0. The fraction of sp³-hybridized carbons (Fsp3) is 0.312. The number of benzene rings is 2. The molecule has 2 aromatic rings. The van der Waals surface area contributed by atoms with Crippen molar-refractivity contribution in [1.29, 1.82) is 0 Å². The lowest BCUT2D eigenvalue weighted by molar-refractivity contribution is -0.883. The van der Waals surface area contributed by atoms with E-state index in [9.17, 15) is 4.79 Å². The molecule has 0 N–H and O–H groups in total. The number of Topliss-reactive ketones (excluding diaryl/α,β-unsaturated/α-hetero) is 1. The van der Waals surface area contributed by atoms with E-state index in [4.69, 9.17) is 0 Å². The van der Waals surface area contributed by atoms with Crippen LogP contribution in [-0.4, -0.2) is 37.5 Å². The highest BCUT2D eigenvalue weighted by Gasteiger charge is 2.27. The standard InChI is InChI=1S/C16H20NO.ClH/c1-12(17(2,3)4)16(18)15-10-9-13-7-5-6-8-14(13)11-15;/h5-12H,1-4H3;1H/q+1;/p-1. The lowest BCUT2D eigenvalue weighted by Crippen LogP contribution is -3.00. The summed E-state index contributed by atoms with van der Waals surface area (Å²) < 4.78 is 0.645. The van der Waals surface area contributed by atoms with E-state index in [2.05, 4.69) is 6.07 Å². The summed E-state index contributed by atoms with van der Waals surface area (Å²) in [6.07, 6.45) is 0. The van der Waals surface area contributed by atoms with Gasteiger partial charge >= 0.3 is 0 Å². The summed E-state index contributed by atoms with van der Waals surface area (Å²) in [5.41, 5.74) is 0.800. The van der Waals surface area contributed by atoms with Gasteiger partial charge in [-0.1, -0.05) is 36.4 Å². The number of hydrogen-bond donors (Lipinski definition) is 0. The number of rotatable bonds is 3. The Hall–Kier alpha value is -1.38. The molecule has 0 aliphatic heterocycles. The molecule has 102 valence electrons. The van der Waals surface area contributed by atoms with E-state index in [-0.39, 0.29) is 24.2 Å². The van der Waals surface area contributed by atoms with Gasteiger partial charge in [-0.2, -0.15) is 0 Å². The number of nitrogens with zero attached hydrogens (tertiary/aromatic N) is 1. The number of carbonyl (C=O) groups excluding carboxylic acids is 1. The monoisotopic (exact) mass is 277 g/mol. The molecular weight excluding hydrogens is 258 g/mol. The van der Waals surface area contributed by atoms with Crippen LogP contribution in [0.25, 0.3) is 10.8 Å². The Morgan fingerprint density at radius 1 is 1.00 bits per heavy atom. The smallest absolute Gasteiger partial charge is 0.219 e. The van der Waals surface area contributed by atoms with Gasteiger partial charge in [-0.3, -0.25) is 4.79 Å². The lowest BCUT2D eigenvalue weighted by atomic mass is 10.00. The van der Waals surface area contributed by atoms with Gasteiger partial charge in [0, 0.05) is 5.56 Å². The van der Waals surface area contributed by atoms with Crippen LogP contribution >= 0.6 is 0 Å². The van der Waals surface area contributed by atoms with E-state index in [0.717, 1.165) is 10.9 Å². The average molecular weight is 278 g/mol. The molecule has 1 atom stereocenters. The number of ketones is 1. The third-order valence-electron chi connectivity index (χ3n) is 3.58. The van der Waals surface area contributed by atoms with Crippen molar-refractivity contribution >= 4 is 16.6 Å². The molecule has 0 amide bonds. The van der Waals surface area contributed by atoms with Gasteiger partial charge in [-0.25, -0.2) is 0 Å². The van der Waals surface area contributed by atoms with Gasteiger partial charge in [-0.05, 0) is 23.8 Å². The first kappa shape index (κ1) is 15.7. The fourth-order valence-electron chi connectivity index (χ4n) is 1.94. The van der Waals surface area contributed by atoms with E-state index in [1.54, 1.807) is 0 Å². The van der Waals surface area contributed by atoms with Crippen LogP contribution in [0, 0.1) is 0 Å². The van der Waals surface area contributed by atoms with Crippen LogP contribution < -0.4 is 12.4 Å². The zero-order chi connectivity index (χ0) is 13.3. The fourth-order valence-corrected chi connectivity index (χ4v) is 1.94. The van der Waals surface area contributed by atoms with Gasteiger partial charge in [0.1, 0.15) is 6.04 Å². The van der Waals surface area contributed by atoms with Gasteiger partial charge in [0.2, 0.25) is 5.78 Å². The van der Waals surface area contributed by atoms with Gasteiger partial charge in [-0.15, -0.1) is 0 Å². The number of likely N-dealkylation sites (N-methyl/N-ethyl adjacent to an activating group) is 1. The average Bonchev–Trinajstić information content (AvgIpc) is 2.35. The van der Waals surface area contributed by atoms with Gasteiger partial charge in [0.25, 0.3) is 0 Å². The van der Waals surface area contributed by atoms with E-state index in [0.29, 0.717) is 4.48 Å². The molecule has 0 saturated carbocycles. The summed E-state index contributed by atoms with van der Waals surface area (Å²) in [6.45, 7) is 1.98. The molecule has 0 aliphatic carbocycles. The zero-order valence-electron chi connectivity index (χ0n) is 11.9. The van der Waals surface area contributed by atoms with E-state index in [1.165, 1.54) is 5.39 Å². The molecule has 3 heteroatoms. The first-order chi connectivity index (χ1) is 8.39. The van der Waals surface area contributed by atoms with Gasteiger partial charge in [0.15, 0.2) is 0 Å². The van der Waals surface area contributed by atoms with Gasteiger partial charge < -0.3 is 16.9 Å². The van der Waals surface area contributed by atoms with E-state index >= 15 is 0 Å². The lowest BCUT2D eigenvalue weighted by Gasteiger charge is -2.30. The summed E-state index contributed by atoms with van der Waals surface area (Å²) in [5.74, 6) is 0.202. The molecule has 0 aromatic heterocycles. The molecule has 1 unspecified atom stereocenters. The summed E-state index contributed by atoms with van der Waals surface area (Å²) in [6, 6.07) is 14.0. The molecule has 2 aromatic carbocycles. The van der Waals surface area contributed by atoms with E-state index in [1.807, 2.05) is 64.5 Å². The molecule has 2 nitrogen and oxygen atoms in total. The van der Waals surface area contributed by atoms with Crippen molar-refractivity contribution in [3.05, 3.63) is 48.0 Å². The number of quaternary nitrogens is 1. The van der Waals surface area contributed by atoms with Crippen LogP contribution in [0.2, 0.25) is 0 Å². The Labute approximate surface area is 121 Å². The van der Waals surface area contributed by atoms with Gasteiger partial charge in [0.05, 0.1) is 21.1 Å². The minimum atomic E-state index is -0.0360. The van der Waals surface area contributed by atoms with Crippen molar-refractivity contribution in [1.82, 2.24) is 0 Å². The summed E-state index contributed by atoms with van der Waals surface area (Å²) >= 11 is 0. The number of hydrogen-bond acceptors (Lipinski definition) is 1. The third-order valence-corrected chi connectivity index (χ3v) is 3.58. The maximum Gasteiger partial charge on any atom is 0.219 e. The molecular formula is C16H20ClNO. The summed E-state index contributed by atoms with van der Waals surface area (Å²) in [7, 11) is 6.14. The number of halogens is 1. The van der Waals surface area contributed by atoms with Crippen LogP contribution in [0.3, 0.4) is 0 Å². The molecule has 2 rings (SSSR count). The highest BCUT2D eigenvalue weighted by atomic mass is 35.5. The molecule has 0 fully saturated rings. The van der Waals surface area contributed by atoms with Crippen LogP contribution in [-0.2, 0) is 0 Å². The minimum Gasteiger partial charge on any atom is -1.00 e. The van der Waals surface area contributed by atoms with E-state index < -0.39 is 0 Å². The van der Waals surface area contributed by atoms with Crippen molar-refractivity contribution in [3.8, 4) is 0 Å².